The fraction of sp³-hybridized carbons (Fsp3) is 0.250. The van der Waals surface area contributed by atoms with E-state index in [1.54, 1.807) is 36.7 Å². The topological polar surface area (TPSA) is 170 Å². The fourth-order valence-electron chi connectivity index (χ4n) is 3.11. The van der Waals surface area contributed by atoms with Gasteiger partial charge in [-0.2, -0.15) is 4.98 Å². The summed E-state index contributed by atoms with van der Waals surface area (Å²) in [7, 11) is 0. The molecule has 0 fully saturated rings. The van der Waals surface area contributed by atoms with Gasteiger partial charge in [0.25, 0.3) is 5.91 Å². The van der Waals surface area contributed by atoms with Gasteiger partial charge in [0.1, 0.15) is 17.9 Å². The van der Waals surface area contributed by atoms with Crippen molar-refractivity contribution < 1.29 is 19.5 Å². The molecular formula is C24H28N8O4. The molecule has 0 saturated heterocycles. The molecule has 6 N–H and O–H groups in total. The van der Waals surface area contributed by atoms with Crippen molar-refractivity contribution in [1.29, 1.82) is 0 Å². The second-order valence-corrected chi connectivity index (χ2v) is 7.66. The molecular weight excluding hydrogens is 464 g/mol. The highest BCUT2D eigenvalue weighted by atomic mass is 16.4. The third-order valence-electron chi connectivity index (χ3n) is 4.83. The van der Waals surface area contributed by atoms with Crippen molar-refractivity contribution in [2.24, 2.45) is 0 Å². The van der Waals surface area contributed by atoms with Crippen molar-refractivity contribution in [3.63, 3.8) is 0 Å². The highest BCUT2D eigenvalue weighted by Crippen LogP contribution is 2.19. The molecule has 3 aromatic rings. The van der Waals surface area contributed by atoms with Gasteiger partial charge in [-0.25, -0.2) is 9.78 Å². The summed E-state index contributed by atoms with van der Waals surface area (Å²) < 4.78 is 0. The number of benzene rings is 1. The van der Waals surface area contributed by atoms with Gasteiger partial charge in [0.05, 0.1) is 0 Å². The molecule has 36 heavy (non-hydrogen) atoms. The molecule has 0 bridgehead atoms. The average Bonchev–Trinajstić information content (AvgIpc) is 2.87. The zero-order valence-corrected chi connectivity index (χ0v) is 19.7. The zero-order valence-electron chi connectivity index (χ0n) is 19.7. The molecule has 0 aliphatic rings. The van der Waals surface area contributed by atoms with Crippen LogP contribution in [0.4, 0.5) is 27.9 Å². The lowest BCUT2D eigenvalue weighted by Gasteiger charge is -2.13. The van der Waals surface area contributed by atoms with Gasteiger partial charge < -0.3 is 31.7 Å². The highest BCUT2D eigenvalue weighted by Gasteiger charge is 2.15. The molecule has 0 spiro atoms. The summed E-state index contributed by atoms with van der Waals surface area (Å²) >= 11 is 0. The number of rotatable bonds is 12. The standard InChI is InChI=1S/C24H28N8O4/c1-2-9-26-21-19(14-28-23(32-21)27-12-8-16-6-10-25-11-7-16)22(34)31-18-5-3-4-17(13-18)30-20(33)15-29-24(35)36/h3-7,10-11,13-14,29H,2,8-9,12,15H2,1H3,(H,30,33)(H,31,34)(H,35,36)(H2,26,27,28,32). The fourth-order valence-corrected chi connectivity index (χ4v) is 3.11. The average molecular weight is 493 g/mol. The third-order valence-corrected chi connectivity index (χ3v) is 4.83. The molecule has 0 unspecified atom stereocenters. The Morgan fingerprint density at radius 2 is 1.72 bits per heavy atom. The van der Waals surface area contributed by atoms with Crippen molar-refractivity contribution >= 4 is 41.0 Å². The van der Waals surface area contributed by atoms with E-state index in [9.17, 15) is 14.4 Å². The summed E-state index contributed by atoms with van der Waals surface area (Å²) in [5, 5.41) is 22.3. The molecule has 2 heterocycles. The minimum Gasteiger partial charge on any atom is -0.465 e. The Balaban J connectivity index is 1.65. The molecule has 12 nitrogen and oxygen atoms in total. The Kier molecular flexibility index (Phi) is 9.51. The van der Waals surface area contributed by atoms with Crippen molar-refractivity contribution in [3.05, 3.63) is 66.1 Å². The van der Waals surface area contributed by atoms with E-state index in [2.05, 4.69) is 36.2 Å². The maximum Gasteiger partial charge on any atom is 0.405 e. The van der Waals surface area contributed by atoms with Gasteiger partial charge in [0, 0.05) is 43.1 Å². The Morgan fingerprint density at radius 3 is 2.44 bits per heavy atom. The van der Waals surface area contributed by atoms with Crippen LogP contribution in [0.2, 0.25) is 0 Å². The van der Waals surface area contributed by atoms with Crippen molar-refractivity contribution in [2.75, 3.05) is 40.9 Å². The van der Waals surface area contributed by atoms with Crippen molar-refractivity contribution in [1.82, 2.24) is 20.3 Å². The second-order valence-electron chi connectivity index (χ2n) is 7.66. The Hall–Kier alpha value is -4.74. The Bertz CT molecular complexity index is 1190. The number of pyridine rings is 1. The minimum atomic E-state index is -1.30. The zero-order chi connectivity index (χ0) is 25.8. The number of hydrogen-bond donors (Lipinski definition) is 6. The molecule has 12 heteroatoms. The van der Waals surface area contributed by atoms with E-state index in [1.807, 2.05) is 24.4 Å². The van der Waals surface area contributed by atoms with Gasteiger partial charge in [0.2, 0.25) is 11.9 Å². The van der Waals surface area contributed by atoms with Gasteiger partial charge in [-0.1, -0.05) is 13.0 Å². The van der Waals surface area contributed by atoms with Crippen molar-refractivity contribution in [3.8, 4) is 0 Å². The van der Waals surface area contributed by atoms with E-state index in [0.717, 1.165) is 18.4 Å². The normalized spacial score (nSPS) is 10.2. The van der Waals surface area contributed by atoms with Gasteiger partial charge in [-0.15, -0.1) is 0 Å². The monoisotopic (exact) mass is 492 g/mol. The molecule has 0 atom stereocenters. The molecule has 3 rings (SSSR count). The van der Waals surface area contributed by atoms with E-state index in [-0.39, 0.29) is 5.56 Å². The van der Waals surface area contributed by atoms with Gasteiger partial charge in [-0.05, 0) is 48.7 Å². The van der Waals surface area contributed by atoms with E-state index in [1.165, 1.54) is 6.20 Å². The number of carboxylic acid groups (broad SMARTS) is 1. The van der Waals surface area contributed by atoms with Crippen LogP contribution >= 0.6 is 0 Å². The summed E-state index contributed by atoms with van der Waals surface area (Å²) in [4.78, 5) is 48.1. The number of carbonyl (C=O) groups excluding carboxylic acids is 2. The van der Waals surface area contributed by atoms with E-state index in [4.69, 9.17) is 5.11 Å². The van der Waals surface area contributed by atoms with Crippen LogP contribution in [0.5, 0.6) is 0 Å². The van der Waals surface area contributed by atoms with E-state index >= 15 is 0 Å². The first-order valence-electron chi connectivity index (χ1n) is 11.4. The van der Waals surface area contributed by atoms with Crippen molar-refractivity contribution in [2.45, 2.75) is 19.8 Å². The van der Waals surface area contributed by atoms with Crippen LogP contribution in [0, 0.1) is 0 Å². The van der Waals surface area contributed by atoms with Crippen LogP contribution < -0.4 is 26.6 Å². The summed E-state index contributed by atoms with van der Waals surface area (Å²) in [6, 6.07) is 10.4. The number of nitrogens with one attached hydrogen (secondary N) is 5. The number of carbonyl (C=O) groups is 3. The predicted octanol–water partition coefficient (Wildman–Crippen LogP) is 2.81. The van der Waals surface area contributed by atoms with Gasteiger partial charge in [-0.3, -0.25) is 14.6 Å². The summed E-state index contributed by atoms with van der Waals surface area (Å²) in [6.07, 6.45) is 5.26. The van der Waals surface area contributed by atoms with E-state index < -0.39 is 24.5 Å². The lowest BCUT2D eigenvalue weighted by Crippen LogP contribution is -2.31. The first-order valence-corrected chi connectivity index (χ1v) is 11.4. The van der Waals surface area contributed by atoms with Crippen LogP contribution in [0.1, 0.15) is 29.3 Å². The quantitative estimate of drug-likeness (QED) is 0.222. The molecule has 0 saturated carbocycles. The van der Waals surface area contributed by atoms with Gasteiger partial charge in [0.15, 0.2) is 0 Å². The number of anilines is 4. The molecule has 0 radical (unpaired) electrons. The number of hydrogen-bond acceptors (Lipinski definition) is 8. The molecule has 0 aliphatic heterocycles. The number of amides is 3. The second kappa shape index (κ2) is 13.2. The first-order chi connectivity index (χ1) is 17.4. The lowest BCUT2D eigenvalue weighted by atomic mass is 10.2. The SMILES string of the molecule is CCCNc1nc(NCCc2ccncc2)ncc1C(=O)Nc1cccc(NC(=O)CNC(=O)O)c1. The minimum absolute atomic E-state index is 0.267. The number of nitrogens with zero attached hydrogens (tertiary/aromatic N) is 3. The van der Waals surface area contributed by atoms with Crippen LogP contribution in [-0.2, 0) is 11.2 Å². The number of aromatic nitrogens is 3. The van der Waals surface area contributed by atoms with Crippen LogP contribution in [0.25, 0.3) is 0 Å². The maximum atomic E-state index is 13.0. The highest BCUT2D eigenvalue weighted by molar-refractivity contribution is 6.07. The van der Waals surface area contributed by atoms with E-state index in [0.29, 0.717) is 36.2 Å². The molecule has 188 valence electrons. The molecule has 1 aromatic carbocycles. The summed E-state index contributed by atoms with van der Waals surface area (Å²) in [5.41, 5.74) is 2.24. The van der Waals surface area contributed by atoms with Crippen LogP contribution in [0.3, 0.4) is 0 Å². The Morgan fingerprint density at radius 1 is 0.972 bits per heavy atom. The Labute approximate surface area is 208 Å². The lowest BCUT2D eigenvalue weighted by molar-refractivity contribution is -0.115. The summed E-state index contributed by atoms with van der Waals surface area (Å²) in [5.74, 6) is -0.154. The van der Waals surface area contributed by atoms with Crippen LogP contribution in [0.15, 0.2) is 55.0 Å². The third kappa shape index (κ3) is 8.24. The molecule has 2 aromatic heterocycles. The largest absolute Gasteiger partial charge is 0.465 e. The van der Waals surface area contributed by atoms with Crippen LogP contribution in [-0.4, -0.2) is 57.6 Å². The first kappa shape index (κ1) is 25.9. The smallest absolute Gasteiger partial charge is 0.405 e. The maximum absolute atomic E-state index is 13.0. The van der Waals surface area contributed by atoms with Gasteiger partial charge >= 0.3 is 6.09 Å². The molecule has 3 amide bonds. The predicted molar refractivity (Wildman–Crippen MR) is 136 cm³/mol. The molecule has 0 aliphatic carbocycles. The summed E-state index contributed by atoms with van der Waals surface area (Å²) in [6.45, 7) is 2.86.